The van der Waals surface area contributed by atoms with Gasteiger partial charge in [-0.1, -0.05) is 85.6 Å². The summed E-state index contributed by atoms with van der Waals surface area (Å²) in [7, 11) is 10.4. The molecule has 3 rings (SSSR count). The lowest BCUT2D eigenvalue weighted by atomic mass is 9.73. The van der Waals surface area contributed by atoms with Crippen molar-refractivity contribution in [2.75, 3.05) is 49.0 Å². The molecule has 1 aliphatic heterocycles. The van der Waals surface area contributed by atoms with Gasteiger partial charge in [-0.15, -0.1) is 0 Å². The van der Waals surface area contributed by atoms with Gasteiger partial charge >= 0.3 is 5.97 Å². The lowest BCUT2D eigenvalue weighted by molar-refractivity contribution is -0.143. The fourth-order valence-electron chi connectivity index (χ4n) is 6.72. The van der Waals surface area contributed by atoms with E-state index >= 15 is 0 Å². The fourth-order valence-corrected chi connectivity index (χ4v) is 6.72. The number of ether oxygens (including phenoxy) is 3. The van der Waals surface area contributed by atoms with Crippen LogP contribution in [0.15, 0.2) is 24.3 Å². The van der Waals surface area contributed by atoms with Gasteiger partial charge in [-0.3, -0.25) is 14.4 Å². The van der Waals surface area contributed by atoms with Crippen molar-refractivity contribution >= 4 is 30.9 Å². The number of rotatable bonds is 16. The number of nitrogens with two attached hydrogens (primary N) is 1. The molecule has 306 valence electrons. The molecule has 1 heterocycles. The van der Waals surface area contributed by atoms with Crippen molar-refractivity contribution in [1.29, 1.82) is 0 Å². The van der Waals surface area contributed by atoms with Gasteiger partial charge in [0, 0.05) is 52.0 Å². The Morgan fingerprint density at radius 3 is 2.02 bits per heavy atom. The predicted molar refractivity (Wildman–Crippen MR) is 213 cm³/mol. The number of primary amides is 1. The molecule has 12 heteroatoms. The molecule has 1 aromatic rings. The van der Waals surface area contributed by atoms with Crippen LogP contribution >= 0.6 is 0 Å². The van der Waals surface area contributed by atoms with Gasteiger partial charge in [-0.2, -0.15) is 0 Å². The second-order valence-electron chi connectivity index (χ2n) is 14.2. The topological polar surface area (TPSA) is 158 Å². The zero-order valence-corrected chi connectivity index (χ0v) is 35.1. The standard InChI is InChI=1S/C15H29NO3.C12H15NO2.C10H19NO2.C3H8.CH3NO/c1-7-12(4)15(13(19-6)8-9-17)16(5)14(18)10-11(2)3;1-13-11(12(14)15-2)10-7-8-5-3-4-6-9(8)10;1-8(7-12)10(13-3)9-5-4-6-11(9)2;1-3-2;2-1-3/h9,11-13,15H,7-8,10H2,1-6H3;3-6,10-11,13H,7H2,1-2H3;7-10H,4-6H2,1-3H3;3H2,1-2H3;1H,(H2,2,3). The van der Waals surface area contributed by atoms with Crippen LogP contribution in [0.3, 0.4) is 0 Å². The second-order valence-corrected chi connectivity index (χ2v) is 14.2. The summed E-state index contributed by atoms with van der Waals surface area (Å²) in [4.78, 5) is 57.8. The third-order valence-electron chi connectivity index (χ3n) is 9.69. The van der Waals surface area contributed by atoms with Crippen molar-refractivity contribution in [3.05, 3.63) is 35.4 Å². The zero-order chi connectivity index (χ0) is 41.1. The number of nitrogens with zero attached hydrogens (tertiary/aromatic N) is 2. The summed E-state index contributed by atoms with van der Waals surface area (Å²) in [5.74, 6) is 0.824. The van der Waals surface area contributed by atoms with Gasteiger partial charge in [0.25, 0.3) is 0 Å². The van der Waals surface area contributed by atoms with Gasteiger partial charge in [-0.25, -0.2) is 0 Å². The highest BCUT2D eigenvalue weighted by molar-refractivity contribution is 5.78. The number of likely N-dealkylation sites (N-methyl/N-ethyl adjacent to an activating group) is 3. The molecule has 0 saturated carbocycles. The van der Waals surface area contributed by atoms with Crippen LogP contribution in [0.2, 0.25) is 0 Å². The average Bonchev–Trinajstić information content (AvgIpc) is 3.55. The summed E-state index contributed by atoms with van der Waals surface area (Å²) in [6.45, 7) is 15.5. The number of fused-ring (bicyclic) bond motifs is 1. The Bertz CT molecular complexity index is 1150. The fraction of sp³-hybridized carbons (Fsp3) is 0.732. The van der Waals surface area contributed by atoms with Crippen LogP contribution in [0.1, 0.15) is 104 Å². The number of amides is 2. The van der Waals surface area contributed by atoms with Gasteiger partial charge in [0.05, 0.1) is 25.4 Å². The first kappa shape index (κ1) is 51.9. The largest absolute Gasteiger partial charge is 0.468 e. The van der Waals surface area contributed by atoms with Gasteiger partial charge in [0.15, 0.2) is 0 Å². The summed E-state index contributed by atoms with van der Waals surface area (Å²) < 4.78 is 15.6. The van der Waals surface area contributed by atoms with Gasteiger partial charge in [-0.05, 0) is 62.9 Å². The van der Waals surface area contributed by atoms with E-state index in [1.165, 1.54) is 31.1 Å². The van der Waals surface area contributed by atoms with Crippen LogP contribution in [0.25, 0.3) is 0 Å². The number of methoxy groups -OCH3 is 3. The van der Waals surface area contributed by atoms with Crippen LogP contribution < -0.4 is 11.1 Å². The summed E-state index contributed by atoms with van der Waals surface area (Å²) >= 11 is 0. The summed E-state index contributed by atoms with van der Waals surface area (Å²) in [5.41, 5.74) is 6.77. The maximum atomic E-state index is 12.2. The number of benzene rings is 1. The molecular formula is C41H74N4O8. The van der Waals surface area contributed by atoms with E-state index in [4.69, 9.17) is 19.0 Å². The number of carbonyl (C=O) groups excluding carboxylic acids is 5. The van der Waals surface area contributed by atoms with Gasteiger partial charge in [0.1, 0.15) is 18.6 Å². The van der Waals surface area contributed by atoms with Crippen LogP contribution in [0.5, 0.6) is 0 Å². The van der Waals surface area contributed by atoms with Crippen molar-refractivity contribution < 1.29 is 38.2 Å². The molecule has 0 bridgehead atoms. The van der Waals surface area contributed by atoms with Crippen molar-refractivity contribution in [2.45, 2.75) is 130 Å². The highest BCUT2D eigenvalue weighted by Gasteiger charge is 2.37. The zero-order valence-electron chi connectivity index (χ0n) is 35.1. The molecule has 53 heavy (non-hydrogen) atoms. The number of hydrogen-bond acceptors (Lipinski definition) is 10. The molecule has 1 aromatic carbocycles. The quantitative estimate of drug-likeness (QED) is 0.173. The molecule has 0 aromatic heterocycles. The number of esters is 1. The average molecular weight is 751 g/mol. The van der Waals surface area contributed by atoms with Gasteiger partial charge in [0.2, 0.25) is 12.3 Å². The van der Waals surface area contributed by atoms with Gasteiger partial charge < -0.3 is 44.6 Å². The summed E-state index contributed by atoms with van der Waals surface area (Å²) in [6.07, 6.45) is 8.30. The number of carbonyl (C=O) groups is 5. The van der Waals surface area contributed by atoms with Crippen LogP contribution in [-0.2, 0) is 44.6 Å². The molecule has 1 saturated heterocycles. The Balaban J connectivity index is 0. The van der Waals surface area contributed by atoms with Crippen molar-refractivity contribution in [1.82, 2.24) is 15.1 Å². The third kappa shape index (κ3) is 18.1. The Hall–Kier alpha value is -3.19. The van der Waals surface area contributed by atoms with E-state index in [1.807, 2.05) is 40.0 Å². The molecule has 0 spiro atoms. The van der Waals surface area contributed by atoms with Crippen molar-refractivity contribution in [3.8, 4) is 0 Å². The maximum Gasteiger partial charge on any atom is 0.323 e. The molecule has 1 aliphatic carbocycles. The first-order chi connectivity index (χ1) is 25.2. The van der Waals surface area contributed by atoms with Crippen LogP contribution in [0.4, 0.5) is 0 Å². The molecule has 2 amide bonds. The first-order valence-electron chi connectivity index (χ1n) is 19.1. The van der Waals surface area contributed by atoms with E-state index < -0.39 is 0 Å². The minimum atomic E-state index is -0.228. The van der Waals surface area contributed by atoms with E-state index in [2.05, 4.69) is 62.8 Å². The van der Waals surface area contributed by atoms with Crippen molar-refractivity contribution in [3.63, 3.8) is 0 Å². The molecule has 3 N–H and O–H groups in total. The number of hydrogen-bond donors (Lipinski definition) is 2. The molecular weight excluding hydrogens is 676 g/mol. The lowest BCUT2D eigenvalue weighted by Crippen LogP contribution is -2.49. The smallest absolute Gasteiger partial charge is 0.323 e. The van der Waals surface area contributed by atoms with Crippen molar-refractivity contribution in [2.24, 2.45) is 23.5 Å². The summed E-state index contributed by atoms with van der Waals surface area (Å²) in [6, 6.07) is 8.38. The Morgan fingerprint density at radius 1 is 1.04 bits per heavy atom. The molecule has 0 radical (unpaired) electrons. The molecule has 12 nitrogen and oxygen atoms in total. The van der Waals surface area contributed by atoms with E-state index in [1.54, 1.807) is 26.2 Å². The minimum Gasteiger partial charge on any atom is -0.468 e. The second kappa shape index (κ2) is 30.2. The Labute approximate surface area is 321 Å². The Kier molecular flexibility index (Phi) is 29.6. The van der Waals surface area contributed by atoms with E-state index in [-0.39, 0.29) is 54.4 Å². The highest BCUT2D eigenvalue weighted by Crippen LogP contribution is 2.37. The SMILES string of the molecule is CCC.CCC(C)C(C(CC=O)OC)N(C)C(=O)CC(C)C.CNC(C(=O)OC)C1Cc2ccccc21.COC(C(C)C=O)C1CCCN1C.NC=O. The maximum absolute atomic E-state index is 12.2. The summed E-state index contributed by atoms with van der Waals surface area (Å²) in [5, 5.41) is 3.02. The third-order valence-corrected chi connectivity index (χ3v) is 9.69. The van der Waals surface area contributed by atoms with E-state index in [0.29, 0.717) is 30.7 Å². The number of nitrogens with one attached hydrogen (secondary N) is 1. The molecule has 8 unspecified atom stereocenters. The highest BCUT2D eigenvalue weighted by atomic mass is 16.5. The normalized spacial score (nSPS) is 19.0. The van der Waals surface area contributed by atoms with Crippen LogP contribution in [0, 0.1) is 17.8 Å². The van der Waals surface area contributed by atoms with E-state index in [9.17, 15) is 19.2 Å². The minimum absolute atomic E-state index is 0.00412. The lowest BCUT2D eigenvalue weighted by Gasteiger charge is -2.37. The first-order valence-corrected chi connectivity index (χ1v) is 19.1. The Morgan fingerprint density at radius 2 is 1.62 bits per heavy atom. The van der Waals surface area contributed by atoms with E-state index in [0.717, 1.165) is 38.4 Å². The molecule has 2 aliphatic rings. The molecule has 8 atom stereocenters. The predicted octanol–water partition coefficient (Wildman–Crippen LogP) is 5.05. The number of aldehydes is 2. The monoisotopic (exact) mass is 751 g/mol. The number of likely N-dealkylation sites (tertiary alicyclic amines) is 1. The van der Waals surface area contributed by atoms with Crippen LogP contribution in [-0.4, -0.2) is 120 Å². The molecule has 1 fully saturated rings.